The average Bonchev–Trinajstić information content (AvgIpc) is 1.93. The van der Waals surface area contributed by atoms with E-state index in [1.165, 1.54) is 25.9 Å². The highest BCUT2D eigenvalue weighted by atomic mass is 15.1. The van der Waals surface area contributed by atoms with Crippen LogP contribution in [0.2, 0.25) is 0 Å². The van der Waals surface area contributed by atoms with Gasteiger partial charge in [-0.25, -0.2) is 0 Å². The molecule has 1 rings (SSSR count). The van der Waals surface area contributed by atoms with Crippen molar-refractivity contribution in [2.75, 3.05) is 20.1 Å². The van der Waals surface area contributed by atoms with E-state index >= 15 is 0 Å². The summed E-state index contributed by atoms with van der Waals surface area (Å²) in [6.07, 6.45) is 2.84. The first-order valence-electron chi connectivity index (χ1n) is 4.37. The molecule has 0 aromatic rings. The molecule has 0 saturated carbocycles. The van der Waals surface area contributed by atoms with E-state index in [0.717, 1.165) is 11.8 Å². The monoisotopic (exact) mass is 141 g/mol. The Labute approximate surface area is 64.4 Å². The third kappa shape index (κ3) is 2.30. The summed E-state index contributed by atoms with van der Waals surface area (Å²) >= 11 is 0. The highest BCUT2D eigenvalue weighted by molar-refractivity contribution is 4.69. The lowest BCUT2D eigenvalue weighted by molar-refractivity contribution is 0.288. The van der Waals surface area contributed by atoms with Gasteiger partial charge in [0.2, 0.25) is 0 Å². The molecule has 0 N–H and O–H groups in total. The number of hydrogen-bond acceptors (Lipinski definition) is 1. The molecule has 1 saturated heterocycles. The van der Waals surface area contributed by atoms with Crippen molar-refractivity contribution in [2.45, 2.75) is 26.7 Å². The molecule has 10 heavy (non-hydrogen) atoms. The SMILES string of the molecule is C[C@@H]1CC[C@H](C)CN(C)C1. The zero-order valence-corrected chi connectivity index (χ0v) is 7.43. The topological polar surface area (TPSA) is 3.24 Å². The lowest BCUT2D eigenvalue weighted by Crippen LogP contribution is -2.25. The van der Waals surface area contributed by atoms with Crippen LogP contribution in [-0.2, 0) is 0 Å². The fraction of sp³-hybridized carbons (Fsp3) is 1.00. The molecular formula is C9H19N. The maximum atomic E-state index is 2.46. The Bertz CT molecular complexity index is 88.9. The smallest absolute Gasteiger partial charge is 0.000408 e. The molecule has 1 heterocycles. The van der Waals surface area contributed by atoms with Gasteiger partial charge >= 0.3 is 0 Å². The van der Waals surface area contributed by atoms with Crippen molar-refractivity contribution in [3.63, 3.8) is 0 Å². The van der Waals surface area contributed by atoms with Crippen molar-refractivity contribution >= 4 is 0 Å². The summed E-state index contributed by atoms with van der Waals surface area (Å²) in [7, 11) is 2.23. The van der Waals surface area contributed by atoms with Gasteiger partial charge in [0.25, 0.3) is 0 Å². The number of nitrogens with zero attached hydrogens (tertiary/aromatic N) is 1. The van der Waals surface area contributed by atoms with Gasteiger partial charge in [-0.1, -0.05) is 13.8 Å². The second kappa shape index (κ2) is 3.38. The van der Waals surface area contributed by atoms with E-state index in [1.807, 2.05) is 0 Å². The van der Waals surface area contributed by atoms with Gasteiger partial charge in [0.15, 0.2) is 0 Å². The molecule has 0 aromatic carbocycles. The van der Waals surface area contributed by atoms with Crippen molar-refractivity contribution in [1.29, 1.82) is 0 Å². The van der Waals surface area contributed by atoms with Crippen LogP contribution >= 0.6 is 0 Å². The standard InChI is InChI=1S/C9H19N/c1-8-4-5-9(2)7-10(3)6-8/h8-9H,4-7H2,1-3H3/t8-,9+. The van der Waals surface area contributed by atoms with Crippen LogP contribution in [0.3, 0.4) is 0 Å². The van der Waals surface area contributed by atoms with Gasteiger partial charge in [0.05, 0.1) is 0 Å². The summed E-state index contributed by atoms with van der Waals surface area (Å²) < 4.78 is 0. The van der Waals surface area contributed by atoms with Gasteiger partial charge in [0.1, 0.15) is 0 Å². The van der Waals surface area contributed by atoms with Crippen LogP contribution in [0.4, 0.5) is 0 Å². The van der Waals surface area contributed by atoms with Gasteiger partial charge < -0.3 is 4.90 Å². The molecule has 0 spiro atoms. The maximum Gasteiger partial charge on any atom is 0.000408 e. The molecule has 1 aliphatic heterocycles. The summed E-state index contributed by atoms with van der Waals surface area (Å²) in [4.78, 5) is 2.46. The Hall–Kier alpha value is -0.0400. The van der Waals surface area contributed by atoms with E-state index in [9.17, 15) is 0 Å². The predicted molar refractivity (Wildman–Crippen MR) is 45.1 cm³/mol. The third-order valence-corrected chi connectivity index (χ3v) is 2.40. The van der Waals surface area contributed by atoms with E-state index in [4.69, 9.17) is 0 Å². The minimum atomic E-state index is 0.912. The van der Waals surface area contributed by atoms with E-state index in [-0.39, 0.29) is 0 Å². The van der Waals surface area contributed by atoms with Gasteiger partial charge in [-0.05, 0) is 31.7 Å². The Morgan fingerprint density at radius 2 is 1.40 bits per heavy atom. The fourth-order valence-electron chi connectivity index (χ4n) is 1.89. The zero-order chi connectivity index (χ0) is 7.56. The van der Waals surface area contributed by atoms with Gasteiger partial charge in [-0.2, -0.15) is 0 Å². The van der Waals surface area contributed by atoms with Gasteiger partial charge in [-0.15, -0.1) is 0 Å². The van der Waals surface area contributed by atoms with E-state index in [2.05, 4.69) is 25.8 Å². The summed E-state index contributed by atoms with van der Waals surface area (Å²) in [5, 5.41) is 0. The molecule has 60 valence electrons. The van der Waals surface area contributed by atoms with Crippen molar-refractivity contribution in [3.05, 3.63) is 0 Å². The lowest BCUT2D eigenvalue weighted by atomic mass is 10.0. The van der Waals surface area contributed by atoms with Gasteiger partial charge in [0, 0.05) is 13.1 Å². The van der Waals surface area contributed by atoms with Crippen LogP contribution in [0.25, 0.3) is 0 Å². The Morgan fingerprint density at radius 1 is 1.00 bits per heavy atom. The normalized spacial score (nSPS) is 37.5. The Morgan fingerprint density at radius 3 is 1.80 bits per heavy atom. The van der Waals surface area contributed by atoms with Crippen molar-refractivity contribution in [2.24, 2.45) is 11.8 Å². The molecule has 1 fully saturated rings. The molecule has 1 nitrogen and oxygen atoms in total. The second-order valence-corrected chi connectivity index (χ2v) is 4.01. The van der Waals surface area contributed by atoms with Crippen LogP contribution in [-0.4, -0.2) is 25.0 Å². The molecule has 2 atom stereocenters. The lowest BCUT2D eigenvalue weighted by Gasteiger charge is -2.17. The first-order valence-corrected chi connectivity index (χ1v) is 4.37. The van der Waals surface area contributed by atoms with E-state index in [0.29, 0.717) is 0 Å². The van der Waals surface area contributed by atoms with Crippen LogP contribution in [0.5, 0.6) is 0 Å². The first kappa shape index (κ1) is 8.06. The van der Waals surface area contributed by atoms with Crippen LogP contribution in [0.1, 0.15) is 26.7 Å². The van der Waals surface area contributed by atoms with Gasteiger partial charge in [-0.3, -0.25) is 0 Å². The third-order valence-electron chi connectivity index (χ3n) is 2.40. The molecular weight excluding hydrogens is 122 g/mol. The number of likely N-dealkylation sites (tertiary alicyclic amines) is 1. The summed E-state index contributed by atoms with van der Waals surface area (Å²) in [5.74, 6) is 1.82. The largest absolute Gasteiger partial charge is 0.306 e. The molecule has 0 bridgehead atoms. The quantitative estimate of drug-likeness (QED) is 0.498. The summed E-state index contributed by atoms with van der Waals surface area (Å²) in [5.41, 5.74) is 0. The maximum absolute atomic E-state index is 2.46. The number of rotatable bonds is 0. The van der Waals surface area contributed by atoms with Crippen LogP contribution in [0, 0.1) is 11.8 Å². The molecule has 1 aliphatic rings. The minimum absolute atomic E-state index is 0.912. The Balaban J connectivity index is 2.38. The predicted octanol–water partition coefficient (Wildman–Crippen LogP) is 1.98. The zero-order valence-electron chi connectivity index (χ0n) is 7.43. The summed E-state index contributed by atoms with van der Waals surface area (Å²) in [6, 6.07) is 0. The highest BCUT2D eigenvalue weighted by Crippen LogP contribution is 2.18. The van der Waals surface area contributed by atoms with Crippen molar-refractivity contribution < 1.29 is 0 Å². The minimum Gasteiger partial charge on any atom is -0.306 e. The Kier molecular flexibility index (Phi) is 2.72. The van der Waals surface area contributed by atoms with Crippen LogP contribution in [0.15, 0.2) is 0 Å². The molecule has 0 radical (unpaired) electrons. The molecule has 0 aliphatic carbocycles. The van der Waals surface area contributed by atoms with Crippen molar-refractivity contribution in [3.8, 4) is 0 Å². The summed E-state index contributed by atoms with van der Waals surface area (Å²) in [6.45, 7) is 7.30. The fourth-order valence-corrected chi connectivity index (χ4v) is 1.89. The molecule has 0 aromatic heterocycles. The van der Waals surface area contributed by atoms with Crippen molar-refractivity contribution in [1.82, 2.24) is 4.90 Å². The number of hydrogen-bond donors (Lipinski definition) is 0. The highest BCUT2D eigenvalue weighted by Gasteiger charge is 2.15. The van der Waals surface area contributed by atoms with E-state index in [1.54, 1.807) is 0 Å². The molecule has 0 amide bonds. The second-order valence-electron chi connectivity index (χ2n) is 4.01. The van der Waals surface area contributed by atoms with E-state index < -0.39 is 0 Å². The van der Waals surface area contributed by atoms with Crippen LogP contribution < -0.4 is 0 Å². The molecule has 1 heteroatoms. The first-order chi connectivity index (χ1) is 4.68. The molecule has 0 unspecified atom stereocenters. The average molecular weight is 141 g/mol.